The van der Waals surface area contributed by atoms with Gasteiger partial charge in [0, 0.05) is 32.3 Å². The molecule has 1 fully saturated rings. The van der Waals surface area contributed by atoms with E-state index in [2.05, 4.69) is 5.10 Å². The second-order valence-electron chi connectivity index (χ2n) is 6.30. The third kappa shape index (κ3) is 3.21. The Kier molecular flexibility index (Phi) is 5.01. The van der Waals surface area contributed by atoms with Crippen LogP contribution in [0.15, 0.2) is 0 Å². The predicted molar refractivity (Wildman–Crippen MR) is 82.6 cm³/mol. The molecule has 6 nitrogen and oxygen atoms in total. The summed E-state index contributed by atoms with van der Waals surface area (Å²) in [5, 5.41) is 14.2. The van der Waals surface area contributed by atoms with Gasteiger partial charge in [0.25, 0.3) is 11.7 Å². The van der Waals surface area contributed by atoms with Crippen molar-refractivity contribution in [3.63, 3.8) is 0 Å². The highest BCUT2D eigenvalue weighted by Crippen LogP contribution is 2.25. The van der Waals surface area contributed by atoms with Crippen LogP contribution in [0.5, 0.6) is 0 Å². The molecule has 2 unspecified atom stereocenters. The number of aliphatic hydroxyl groups excluding tert-OH is 1. The lowest BCUT2D eigenvalue weighted by Gasteiger charge is -2.30. The first kappa shape index (κ1) is 16.7. The molecule has 2 atom stereocenters. The molecule has 1 aromatic heterocycles. The number of nitrogens with zero attached hydrogens (tertiary/aromatic N) is 3. The molecule has 0 saturated heterocycles. The van der Waals surface area contributed by atoms with Gasteiger partial charge in [-0.05, 0) is 26.7 Å². The molecule has 22 heavy (non-hydrogen) atoms. The van der Waals surface area contributed by atoms with E-state index in [9.17, 15) is 14.7 Å². The number of aryl methyl sites for hydroxylation is 2. The molecule has 0 bridgehead atoms. The van der Waals surface area contributed by atoms with Crippen LogP contribution in [-0.4, -0.2) is 51.2 Å². The summed E-state index contributed by atoms with van der Waals surface area (Å²) >= 11 is 0. The van der Waals surface area contributed by atoms with Crippen LogP contribution in [0.1, 0.15) is 47.4 Å². The first-order chi connectivity index (χ1) is 10.3. The highest BCUT2D eigenvalue weighted by Gasteiger charge is 2.30. The van der Waals surface area contributed by atoms with Gasteiger partial charge < -0.3 is 10.0 Å². The van der Waals surface area contributed by atoms with Gasteiger partial charge in [0.05, 0.1) is 17.4 Å². The number of Topliss-reactive ketones (excluding diaryl/α,β-unsaturated/α-hetero) is 1. The van der Waals surface area contributed by atoms with Gasteiger partial charge in [-0.3, -0.25) is 14.3 Å². The van der Waals surface area contributed by atoms with Gasteiger partial charge in [-0.2, -0.15) is 5.10 Å². The summed E-state index contributed by atoms with van der Waals surface area (Å²) in [7, 11) is 3.38. The number of aromatic nitrogens is 2. The first-order valence-corrected chi connectivity index (χ1v) is 7.81. The predicted octanol–water partition coefficient (Wildman–Crippen LogP) is 1.23. The quantitative estimate of drug-likeness (QED) is 0.670. The molecule has 1 heterocycles. The first-order valence-electron chi connectivity index (χ1n) is 7.81. The van der Waals surface area contributed by atoms with Crippen LogP contribution in [0.25, 0.3) is 0 Å². The van der Waals surface area contributed by atoms with E-state index in [-0.39, 0.29) is 12.0 Å². The topological polar surface area (TPSA) is 75.4 Å². The SMILES string of the molecule is Cc1nn(C)c(C)c1C(=O)C(=O)N(C)CC1CCCCC1O. The minimum absolute atomic E-state index is 0.0617. The van der Waals surface area contributed by atoms with E-state index in [1.165, 1.54) is 4.90 Å². The van der Waals surface area contributed by atoms with Crippen molar-refractivity contribution in [2.45, 2.75) is 45.6 Å². The number of hydrogen-bond acceptors (Lipinski definition) is 4. The second kappa shape index (κ2) is 6.60. The third-order valence-electron chi connectivity index (χ3n) is 4.65. The summed E-state index contributed by atoms with van der Waals surface area (Å²) in [5.74, 6) is -0.987. The van der Waals surface area contributed by atoms with Gasteiger partial charge >= 0.3 is 0 Å². The zero-order valence-electron chi connectivity index (χ0n) is 13.8. The Morgan fingerprint density at radius 2 is 1.95 bits per heavy atom. The van der Waals surface area contributed by atoms with Crippen LogP contribution >= 0.6 is 0 Å². The van der Waals surface area contributed by atoms with Gasteiger partial charge in [0.2, 0.25) is 0 Å². The van der Waals surface area contributed by atoms with Crippen LogP contribution in [0, 0.1) is 19.8 Å². The van der Waals surface area contributed by atoms with Gasteiger partial charge in [-0.1, -0.05) is 12.8 Å². The Hall–Kier alpha value is -1.69. The minimum Gasteiger partial charge on any atom is -0.393 e. The van der Waals surface area contributed by atoms with Crippen molar-refractivity contribution in [3.8, 4) is 0 Å². The van der Waals surface area contributed by atoms with Crippen LogP contribution in [0.3, 0.4) is 0 Å². The molecular weight excluding hydrogens is 282 g/mol. The number of hydrogen-bond donors (Lipinski definition) is 1. The maximum atomic E-state index is 12.5. The van der Waals surface area contributed by atoms with E-state index < -0.39 is 11.7 Å². The highest BCUT2D eigenvalue weighted by atomic mass is 16.3. The summed E-state index contributed by atoms with van der Waals surface area (Å²) in [5.41, 5.74) is 1.66. The van der Waals surface area contributed by atoms with E-state index in [1.54, 1.807) is 32.6 Å². The molecule has 122 valence electrons. The summed E-state index contributed by atoms with van der Waals surface area (Å²) in [6, 6.07) is 0. The molecule has 1 aliphatic rings. The lowest BCUT2D eigenvalue weighted by atomic mass is 9.86. The van der Waals surface area contributed by atoms with Gasteiger partial charge in [-0.15, -0.1) is 0 Å². The summed E-state index contributed by atoms with van der Waals surface area (Å²) in [6.45, 7) is 3.94. The number of likely N-dealkylation sites (N-methyl/N-ethyl adjacent to an activating group) is 1. The summed E-state index contributed by atoms with van der Waals surface area (Å²) in [4.78, 5) is 26.3. The molecule has 1 aliphatic carbocycles. The number of aliphatic hydroxyl groups is 1. The number of ketones is 1. The standard InChI is InChI=1S/C16H25N3O3/c1-10-14(11(2)19(4)17-10)15(21)16(22)18(3)9-12-7-5-6-8-13(12)20/h12-13,20H,5-9H2,1-4H3. The molecular formula is C16H25N3O3. The van der Waals surface area contributed by atoms with Crippen molar-refractivity contribution in [1.82, 2.24) is 14.7 Å². The van der Waals surface area contributed by atoms with Crippen LogP contribution in [0.4, 0.5) is 0 Å². The molecule has 0 aromatic carbocycles. The largest absolute Gasteiger partial charge is 0.393 e. The van der Waals surface area contributed by atoms with E-state index in [1.807, 2.05) is 0 Å². The Bertz CT molecular complexity index is 579. The van der Waals surface area contributed by atoms with E-state index in [0.717, 1.165) is 25.7 Å². The van der Waals surface area contributed by atoms with Crippen LogP contribution < -0.4 is 0 Å². The van der Waals surface area contributed by atoms with Gasteiger partial charge in [0.1, 0.15) is 0 Å². The van der Waals surface area contributed by atoms with E-state index in [4.69, 9.17) is 0 Å². The van der Waals surface area contributed by atoms with Crippen LogP contribution in [0.2, 0.25) is 0 Å². The second-order valence-corrected chi connectivity index (χ2v) is 6.30. The Balaban J connectivity index is 2.08. The number of carbonyl (C=O) groups excluding carboxylic acids is 2. The molecule has 0 spiro atoms. The van der Waals surface area contributed by atoms with E-state index >= 15 is 0 Å². The average molecular weight is 307 g/mol. The molecule has 1 aromatic rings. The number of amides is 1. The molecule has 1 saturated carbocycles. The van der Waals surface area contributed by atoms with Crippen molar-refractivity contribution in [2.75, 3.05) is 13.6 Å². The molecule has 1 amide bonds. The molecule has 6 heteroatoms. The Morgan fingerprint density at radius 1 is 1.32 bits per heavy atom. The fourth-order valence-electron chi connectivity index (χ4n) is 3.22. The van der Waals surface area contributed by atoms with Crippen molar-refractivity contribution >= 4 is 11.7 Å². The molecule has 0 aliphatic heterocycles. The number of carbonyl (C=O) groups is 2. The summed E-state index contributed by atoms with van der Waals surface area (Å²) in [6.07, 6.45) is 3.40. The Morgan fingerprint density at radius 3 is 2.50 bits per heavy atom. The zero-order valence-corrected chi connectivity index (χ0v) is 13.8. The summed E-state index contributed by atoms with van der Waals surface area (Å²) < 4.78 is 1.61. The smallest absolute Gasteiger partial charge is 0.294 e. The minimum atomic E-state index is -0.531. The van der Waals surface area contributed by atoms with Gasteiger partial charge in [-0.25, -0.2) is 0 Å². The Labute approximate surface area is 131 Å². The average Bonchev–Trinajstić information content (AvgIpc) is 2.73. The van der Waals surface area contributed by atoms with Crippen molar-refractivity contribution in [1.29, 1.82) is 0 Å². The molecule has 0 radical (unpaired) electrons. The maximum absolute atomic E-state index is 12.5. The van der Waals surface area contributed by atoms with Crippen molar-refractivity contribution in [3.05, 3.63) is 17.0 Å². The maximum Gasteiger partial charge on any atom is 0.294 e. The fraction of sp³-hybridized carbons (Fsp3) is 0.688. The monoisotopic (exact) mass is 307 g/mol. The number of rotatable bonds is 4. The zero-order chi connectivity index (χ0) is 16.4. The van der Waals surface area contributed by atoms with Crippen LogP contribution in [-0.2, 0) is 11.8 Å². The lowest BCUT2D eigenvalue weighted by Crippen LogP contribution is -2.41. The highest BCUT2D eigenvalue weighted by molar-refractivity contribution is 6.43. The normalized spacial score (nSPS) is 21.7. The van der Waals surface area contributed by atoms with Gasteiger partial charge in [0.15, 0.2) is 0 Å². The fourth-order valence-corrected chi connectivity index (χ4v) is 3.22. The van der Waals surface area contributed by atoms with Crippen molar-refractivity contribution in [2.24, 2.45) is 13.0 Å². The lowest BCUT2D eigenvalue weighted by molar-refractivity contribution is -0.126. The van der Waals surface area contributed by atoms with Crippen molar-refractivity contribution < 1.29 is 14.7 Å². The van der Waals surface area contributed by atoms with E-state index in [0.29, 0.717) is 23.5 Å². The molecule has 2 rings (SSSR count). The third-order valence-corrected chi connectivity index (χ3v) is 4.65. The molecule has 1 N–H and O–H groups in total.